The van der Waals surface area contributed by atoms with Crippen molar-refractivity contribution >= 4 is 11.0 Å². The molecule has 0 amide bonds. The summed E-state index contributed by atoms with van der Waals surface area (Å²) in [6.07, 6.45) is 0. The van der Waals surface area contributed by atoms with E-state index in [4.69, 9.17) is 9.15 Å². The van der Waals surface area contributed by atoms with Crippen LogP contribution in [-0.2, 0) is 6.54 Å². The summed E-state index contributed by atoms with van der Waals surface area (Å²) in [5, 5.41) is 11.4. The first-order valence-corrected chi connectivity index (χ1v) is 10.4. The van der Waals surface area contributed by atoms with Crippen LogP contribution in [-0.4, -0.2) is 30.2 Å². The number of nitrogens with zero attached hydrogens (tertiary/aromatic N) is 1. The van der Waals surface area contributed by atoms with Gasteiger partial charge < -0.3 is 14.3 Å². The smallest absolute Gasteiger partial charge is 0.344 e. The average Bonchev–Trinajstić information content (AvgIpc) is 2.69. The van der Waals surface area contributed by atoms with Crippen molar-refractivity contribution in [3.63, 3.8) is 0 Å². The molecular weight excluding hydrogens is 378 g/mol. The normalized spacial score (nSPS) is 11.7. The summed E-state index contributed by atoms with van der Waals surface area (Å²) >= 11 is 0. The molecule has 0 radical (unpaired) electrons. The van der Waals surface area contributed by atoms with Crippen LogP contribution in [0.4, 0.5) is 0 Å². The molecule has 5 heteroatoms. The fourth-order valence-corrected chi connectivity index (χ4v) is 3.82. The third kappa shape index (κ3) is 5.03. The van der Waals surface area contributed by atoms with E-state index < -0.39 is 5.63 Å². The van der Waals surface area contributed by atoms with Crippen molar-refractivity contribution in [2.24, 2.45) is 11.8 Å². The van der Waals surface area contributed by atoms with Crippen molar-refractivity contribution in [2.45, 2.75) is 34.2 Å². The van der Waals surface area contributed by atoms with Crippen LogP contribution in [0.3, 0.4) is 0 Å². The van der Waals surface area contributed by atoms with Gasteiger partial charge in [0.25, 0.3) is 0 Å². The van der Waals surface area contributed by atoms with Crippen molar-refractivity contribution in [3.8, 4) is 22.6 Å². The Morgan fingerprint density at radius 1 is 1.00 bits per heavy atom. The molecule has 160 valence electrons. The molecule has 1 N–H and O–H groups in total. The predicted octanol–water partition coefficient (Wildman–Crippen LogP) is 5.29. The Balaban J connectivity index is 2.04. The Morgan fingerprint density at radius 3 is 2.20 bits per heavy atom. The standard InChI is InChI=1S/C25H31NO4/c1-16(2)13-26(14-17(3)4)15-22-23(27)11-8-19-12-21(25(28)30-24(19)22)18-6-9-20(29-5)10-7-18/h6-12,16-17,27H,13-15H2,1-5H3. The lowest BCUT2D eigenvalue weighted by Gasteiger charge is -2.26. The van der Waals surface area contributed by atoms with Crippen LogP contribution in [0, 0.1) is 11.8 Å². The van der Waals surface area contributed by atoms with Gasteiger partial charge >= 0.3 is 5.63 Å². The van der Waals surface area contributed by atoms with Crippen LogP contribution < -0.4 is 10.4 Å². The highest BCUT2D eigenvalue weighted by atomic mass is 16.5. The highest BCUT2D eigenvalue weighted by Gasteiger charge is 2.18. The van der Waals surface area contributed by atoms with E-state index >= 15 is 0 Å². The molecule has 0 saturated heterocycles. The maximum Gasteiger partial charge on any atom is 0.344 e. The van der Waals surface area contributed by atoms with Crippen molar-refractivity contribution in [3.05, 3.63) is 58.4 Å². The summed E-state index contributed by atoms with van der Waals surface area (Å²) in [5.41, 5.74) is 1.95. The zero-order chi connectivity index (χ0) is 21.8. The Labute approximate surface area is 177 Å². The van der Waals surface area contributed by atoms with Crippen LogP contribution in [0.5, 0.6) is 11.5 Å². The minimum atomic E-state index is -0.418. The first kappa shape index (κ1) is 21.9. The van der Waals surface area contributed by atoms with E-state index in [2.05, 4.69) is 32.6 Å². The first-order chi connectivity index (χ1) is 14.3. The van der Waals surface area contributed by atoms with E-state index in [0.29, 0.717) is 35.1 Å². The molecule has 1 heterocycles. The molecule has 2 aromatic carbocycles. The van der Waals surface area contributed by atoms with Crippen LogP contribution in [0.2, 0.25) is 0 Å². The van der Waals surface area contributed by atoms with Gasteiger partial charge in [-0.05, 0) is 47.7 Å². The van der Waals surface area contributed by atoms with Gasteiger partial charge in [0.05, 0.1) is 18.2 Å². The van der Waals surface area contributed by atoms with Gasteiger partial charge in [0.15, 0.2) is 0 Å². The van der Waals surface area contributed by atoms with Crippen molar-refractivity contribution in [1.29, 1.82) is 0 Å². The van der Waals surface area contributed by atoms with E-state index in [1.54, 1.807) is 19.2 Å². The van der Waals surface area contributed by atoms with Crippen molar-refractivity contribution in [2.75, 3.05) is 20.2 Å². The monoisotopic (exact) mass is 409 g/mol. The van der Waals surface area contributed by atoms with Crippen LogP contribution in [0.25, 0.3) is 22.1 Å². The second kappa shape index (κ2) is 9.35. The number of phenols is 1. The lowest BCUT2D eigenvalue weighted by atomic mass is 10.0. The van der Waals surface area contributed by atoms with Gasteiger partial charge in [-0.15, -0.1) is 0 Å². The third-order valence-electron chi connectivity index (χ3n) is 5.01. The summed E-state index contributed by atoms with van der Waals surface area (Å²) in [5.74, 6) is 1.87. The Bertz CT molecular complexity index is 1040. The Kier molecular flexibility index (Phi) is 6.83. The molecule has 1 aromatic heterocycles. The van der Waals surface area contributed by atoms with Gasteiger partial charge in [-0.25, -0.2) is 4.79 Å². The number of methoxy groups -OCH3 is 1. The lowest BCUT2D eigenvalue weighted by molar-refractivity contribution is 0.209. The number of hydrogen-bond acceptors (Lipinski definition) is 5. The molecule has 30 heavy (non-hydrogen) atoms. The minimum absolute atomic E-state index is 0.153. The molecule has 0 spiro atoms. The van der Waals surface area contributed by atoms with E-state index in [-0.39, 0.29) is 5.75 Å². The van der Waals surface area contributed by atoms with E-state index in [1.165, 1.54) is 0 Å². The quantitative estimate of drug-likeness (QED) is 0.512. The Morgan fingerprint density at radius 2 is 1.63 bits per heavy atom. The molecule has 3 rings (SSSR count). The van der Waals surface area contributed by atoms with Gasteiger partial charge in [0, 0.05) is 25.0 Å². The number of aromatic hydroxyl groups is 1. The molecule has 0 aliphatic rings. The SMILES string of the molecule is COc1ccc(-c2cc3ccc(O)c(CN(CC(C)C)CC(C)C)c3oc2=O)cc1. The maximum absolute atomic E-state index is 12.8. The highest BCUT2D eigenvalue weighted by Crippen LogP contribution is 2.31. The number of rotatable bonds is 8. The van der Waals surface area contributed by atoms with Crippen LogP contribution in [0.1, 0.15) is 33.3 Å². The summed E-state index contributed by atoms with van der Waals surface area (Å²) in [6, 6.07) is 12.6. The summed E-state index contributed by atoms with van der Waals surface area (Å²) in [6.45, 7) is 11.1. The molecule has 5 nitrogen and oxygen atoms in total. The van der Waals surface area contributed by atoms with Crippen molar-refractivity contribution in [1.82, 2.24) is 4.90 Å². The number of fused-ring (bicyclic) bond motifs is 1. The first-order valence-electron chi connectivity index (χ1n) is 10.4. The number of benzene rings is 2. The van der Waals surface area contributed by atoms with Gasteiger partial charge in [0.2, 0.25) is 0 Å². The number of hydrogen-bond donors (Lipinski definition) is 1. The van der Waals surface area contributed by atoms with Gasteiger partial charge in [-0.3, -0.25) is 4.90 Å². The van der Waals surface area contributed by atoms with E-state index in [1.807, 2.05) is 30.3 Å². The average molecular weight is 410 g/mol. The largest absolute Gasteiger partial charge is 0.507 e. The maximum atomic E-state index is 12.8. The summed E-state index contributed by atoms with van der Waals surface area (Å²) in [7, 11) is 1.61. The zero-order valence-corrected chi connectivity index (χ0v) is 18.4. The zero-order valence-electron chi connectivity index (χ0n) is 18.4. The topological polar surface area (TPSA) is 62.9 Å². The predicted molar refractivity (Wildman–Crippen MR) is 121 cm³/mol. The Hall–Kier alpha value is -2.79. The number of ether oxygens (including phenoxy) is 1. The van der Waals surface area contributed by atoms with Gasteiger partial charge in [-0.2, -0.15) is 0 Å². The molecule has 0 aliphatic heterocycles. The molecule has 3 aromatic rings. The molecule has 0 fully saturated rings. The molecule has 0 unspecified atom stereocenters. The van der Waals surface area contributed by atoms with Gasteiger partial charge in [-0.1, -0.05) is 39.8 Å². The fourth-order valence-electron chi connectivity index (χ4n) is 3.82. The minimum Gasteiger partial charge on any atom is -0.507 e. The van der Waals surface area contributed by atoms with E-state index in [0.717, 1.165) is 29.8 Å². The van der Waals surface area contributed by atoms with Crippen LogP contribution >= 0.6 is 0 Å². The van der Waals surface area contributed by atoms with Crippen LogP contribution in [0.15, 0.2) is 51.7 Å². The van der Waals surface area contributed by atoms with E-state index in [9.17, 15) is 9.90 Å². The summed E-state index contributed by atoms with van der Waals surface area (Å²) in [4.78, 5) is 15.1. The second-order valence-electron chi connectivity index (χ2n) is 8.64. The fraction of sp³-hybridized carbons (Fsp3) is 0.400. The second-order valence-corrected chi connectivity index (χ2v) is 8.64. The molecule has 0 saturated carbocycles. The van der Waals surface area contributed by atoms with Crippen molar-refractivity contribution < 1.29 is 14.3 Å². The highest BCUT2D eigenvalue weighted by molar-refractivity contribution is 5.85. The molecule has 0 atom stereocenters. The molecule has 0 bridgehead atoms. The molecule has 0 aliphatic carbocycles. The van der Waals surface area contributed by atoms with Gasteiger partial charge in [0.1, 0.15) is 17.1 Å². The molecular formula is C25H31NO4. The summed E-state index contributed by atoms with van der Waals surface area (Å²) < 4.78 is 10.9. The third-order valence-corrected chi connectivity index (χ3v) is 5.01. The number of phenolic OH excluding ortho intramolecular Hbond substituents is 1. The lowest BCUT2D eigenvalue weighted by Crippen LogP contribution is -2.31.